The number of hydrogen-bond donors (Lipinski definition) is 1. The van der Waals surface area contributed by atoms with Crippen molar-refractivity contribution in [2.24, 2.45) is 0 Å². The second kappa shape index (κ2) is 6.46. The molecule has 0 amide bonds. The van der Waals surface area contributed by atoms with E-state index in [0.29, 0.717) is 11.4 Å². The van der Waals surface area contributed by atoms with E-state index in [1.807, 2.05) is 6.92 Å². The van der Waals surface area contributed by atoms with Crippen LogP contribution in [0.3, 0.4) is 0 Å². The molecule has 0 aromatic carbocycles. The van der Waals surface area contributed by atoms with Gasteiger partial charge in [0.15, 0.2) is 4.34 Å². The summed E-state index contributed by atoms with van der Waals surface area (Å²) in [5.41, 5.74) is 0.205. The standard InChI is InChI=1S/C12H12N6O3S2/c1-3-21-10(20)9-14-11-13-7(4-8(19)18(11)17-9)5-22-12-16-15-6(2)23-12/h4H,3,5H2,1-2H3,(H,13,14,17). The highest BCUT2D eigenvalue weighted by molar-refractivity contribution is 8.00. The molecule has 0 fully saturated rings. The lowest BCUT2D eigenvalue weighted by atomic mass is 10.4. The van der Waals surface area contributed by atoms with Crippen molar-refractivity contribution < 1.29 is 9.53 Å². The van der Waals surface area contributed by atoms with Crippen molar-refractivity contribution in [3.63, 3.8) is 0 Å². The zero-order valence-corrected chi connectivity index (χ0v) is 13.9. The van der Waals surface area contributed by atoms with E-state index >= 15 is 0 Å². The van der Waals surface area contributed by atoms with Crippen molar-refractivity contribution in [2.45, 2.75) is 23.9 Å². The first-order chi connectivity index (χ1) is 11.1. The van der Waals surface area contributed by atoms with Crippen molar-refractivity contribution in [3.8, 4) is 0 Å². The second-order valence-electron chi connectivity index (χ2n) is 4.39. The number of rotatable bonds is 5. The first-order valence-corrected chi connectivity index (χ1v) is 8.45. The number of ether oxygens (including phenoxy) is 1. The van der Waals surface area contributed by atoms with Gasteiger partial charge in [0, 0.05) is 11.8 Å². The van der Waals surface area contributed by atoms with Gasteiger partial charge in [-0.3, -0.25) is 9.89 Å². The maximum atomic E-state index is 12.1. The number of nitrogens with zero attached hydrogens (tertiary/aromatic N) is 5. The van der Waals surface area contributed by atoms with Crippen LogP contribution in [-0.2, 0) is 10.5 Å². The number of fused-ring (bicyclic) bond motifs is 1. The SMILES string of the molecule is CCOC(=O)c1nc2nc(CSc3nnc(C)s3)cc(=O)n2[nH]1. The molecule has 0 aliphatic carbocycles. The molecule has 0 saturated carbocycles. The van der Waals surface area contributed by atoms with Gasteiger partial charge in [0.2, 0.25) is 5.82 Å². The van der Waals surface area contributed by atoms with E-state index in [1.54, 1.807) is 6.92 Å². The Morgan fingerprint density at radius 1 is 1.43 bits per heavy atom. The van der Waals surface area contributed by atoms with Crippen LogP contribution in [0.15, 0.2) is 15.2 Å². The molecule has 3 heterocycles. The van der Waals surface area contributed by atoms with E-state index < -0.39 is 5.97 Å². The molecule has 0 saturated heterocycles. The number of carbonyl (C=O) groups excluding carboxylic acids is 1. The van der Waals surface area contributed by atoms with E-state index in [0.717, 1.165) is 13.9 Å². The molecule has 11 heteroatoms. The molecule has 0 spiro atoms. The maximum absolute atomic E-state index is 12.1. The average Bonchev–Trinajstić information content (AvgIpc) is 3.12. The van der Waals surface area contributed by atoms with Gasteiger partial charge in [-0.1, -0.05) is 23.1 Å². The molecule has 1 N–H and O–H groups in total. The number of carbonyl (C=O) groups is 1. The minimum atomic E-state index is -0.627. The zero-order valence-electron chi connectivity index (χ0n) is 12.3. The Bertz CT molecular complexity index is 915. The normalized spacial score (nSPS) is 11.0. The van der Waals surface area contributed by atoms with Gasteiger partial charge < -0.3 is 4.74 Å². The quantitative estimate of drug-likeness (QED) is 0.535. The van der Waals surface area contributed by atoms with Gasteiger partial charge in [0.1, 0.15) is 5.01 Å². The number of hydrogen-bond acceptors (Lipinski definition) is 9. The molecule has 3 rings (SSSR count). The van der Waals surface area contributed by atoms with Crippen LogP contribution in [-0.4, -0.2) is 42.4 Å². The summed E-state index contributed by atoms with van der Waals surface area (Å²) in [5.74, 6) is -0.0922. The van der Waals surface area contributed by atoms with Gasteiger partial charge >= 0.3 is 5.97 Å². The average molecular weight is 352 g/mol. The molecule has 120 valence electrons. The number of nitrogens with one attached hydrogen (secondary N) is 1. The fraction of sp³-hybridized carbons (Fsp3) is 0.333. The monoisotopic (exact) mass is 352 g/mol. The zero-order chi connectivity index (χ0) is 16.4. The predicted molar refractivity (Wildman–Crippen MR) is 83.8 cm³/mol. The molecule has 23 heavy (non-hydrogen) atoms. The van der Waals surface area contributed by atoms with Crippen LogP contribution in [0, 0.1) is 6.92 Å². The van der Waals surface area contributed by atoms with Crippen LogP contribution < -0.4 is 5.56 Å². The molecule has 3 aromatic rings. The molecule has 3 aromatic heterocycles. The molecule has 0 aliphatic rings. The summed E-state index contributed by atoms with van der Waals surface area (Å²) in [4.78, 5) is 32.0. The summed E-state index contributed by atoms with van der Waals surface area (Å²) >= 11 is 2.91. The lowest BCUT2D eigenvalue weighted by Gasteiger charge is -1.97. The third-order valence-electron chi connectivity index (χ3n) is 2.70. The number of esters is 1. The van der Waals surface area contributed by atoms with Crippen LogP contribution in [0.4, 0.5) is 0 Å². The van der Waals surface area contributed by atoms with Gasteiger partial charge in [-0.15, -0.1) is 10.2 Å². The molecule has 0 atom stereocenters. The third kappa shape index (κ3) is 3.40. The highest BCUT2D eigenvalue weighted by atomic mass is 32.2. The number of aryl methyl sites for hydroxylation is 1. The lowest BCUT2D eigenvalue weighted by molar-refractivity contribution is 0.0512. The first-order valence-electron chi connectivity index (χ1n) is 6.65. The summed E-state index contributed by atoms with van der Waals surface area (Å²) < 4.78 is 6.75. The summed E-state index contributed by atoms with van der Waals surface area (Å²) in [5, 5.41) is 11.4. The molecule has 9 nitrogen and oxygen atoms in total. The Hall–Kier alpha value is -2.27. The molecule has 0 aliphatic heterocycles. The Morgan fingerprint density at radius 2 is 2.26 bits per heavy atom. The smallest absolute Gasteiger partial charge is 0.375 e. The molecular formula is C12H12N6O3S2. The molecule has 0 bridgehead atoms. The number of aromatic amines is 1. The number of thioether (sulfide) groups is 1. The summed E-state index contributed by atoms with van der Waals surface area (Å²) in [6.07, 6.45) is 0. The Labute approximate surface area is 138 Å². The third-order valence-corrected chi connectivity index (χ3v) is 4.71. The highest BCUT2D eigenvalue weighted by Crippen LogP contribution is 2.24. The second-order valence-corrected chi connectivity index (χ2v) is 6.79. The largest absolute Gasteiger partial charge is 0.460 e. The fourth-order valence-corrected chi connectivity index (χ4v) is 3.47. The van der Waals surface area contributed by atoms with Crippen molar-refractivity contribution in [2.75, 3.05) is 6.61 Å². The van der Waals surface area contributed by atoms with Crippen LogP contribution in [0.2, 0.25) is 0 Å². The first kappa shape index (κ1) is 15.6. The van der Waals surface area contributed by atoms with Crippen molar-refractivity contribution in [1.82, 2.24) is 29.8 Å². The summed E-state index contributed by atoms with van der Waals surface area (Å²) in [6, 6.07) is 1.39. The number of aromatic nitrogens is 6. The van der Waals surface area contributed by atoms with E-state index in [-0.39, 0.29) is 23.8 Å². The minimum absolute atomic E-state index is 0.0546. The van der Waals surface area contributed by atoms with Gasteiger partial charge in [0.25, 0.3) is 11.3 Å². The van der Waals surface area contributed by atoms with Crippen LogP contribution >= 0.6 is 23.1 Å². The van der Waals surface area contributed by atoms with E-state index in [2.05, 4.69) is 25.3 Å². The topological polar surface area (TPSA) is 115 Å². The summed E-state index contributed by atoms with van der Waals surface area (Å²) in [6.45, 7) is 3.79. The van der Waals surface area contributed by atoms with Gasteiger partial charge in [-0.25, -0.2) is 9.78 Å². The maximum Gasteiger partial charge on any atom is 0.375 e. The van der Waals surface area contributed by atoms with E-state index in [9.17, 15) is 9.59 Å². The highest BCUT2D eigenvalue weighted by Gasteiger charge is 2.15. The Kier molecular flexibility index (Phi) is 4.39. The molecule has 0 radical (unpaired) electrons. The summed E-state index contributed by atoms with van der Waals surface area (Å²) in [7, 11) is 0. The van der Waals surface area contributed by atoms with Crippen molar-refractivity contribution in [3.05, 3.63) is 32.9 Å². The predicted octanol–water partition coefficient (Wildman–Crippen LogP) is 1.05. The van der Waals surface area contributed by atoms with E-state index in [1.165, 1.54) is 29.2 Å². The van der Waals surface area contributed by atoms with Crippen molar-refractivity contribution >= 4 is 34.8 Å². The van der Waals surface area contributed by atoms with E-state index in [4.69, 9.17) is 4.74 Å². The van der Waals surface area contributed by atoms with Crippen LogP contribution in [0.1, 0.15) is 28.2 Å². The lowest BCUT2D eigenvalue weighted by Crippen LogP contribution is -2.16. The number of H-pyrrole nitrogens is 1. The fourth-order valence-electron chi connectivity index (χ4n) is 1.76. The Balaban J connectivity index is 1.85. The van der Waals surface area contributed by atoms with Gasteiger partial charge in [-0.2, -0.15) is 9.50 Å². The molecule has 0 unspecified atom stereocenters. The minimum Gasteiger partial charge on any atom is -0.460 e. The Morgan fingerprint density at radius 3 is 2.96 bits per heavy atom. The van der Waals surface area contributed by atoms with Gasteiger partial charge in [-0.05, 0) is 13.8 Å². The van der Waals surface area contributed by atoms with Crippen LogP contribution in [0.5, 0.6) is 0 Å². The van der Waals surface area contributed by atoms with Crippen molar-refractivity contribution in [1.29, 1.82) is 0 Å². The van der Waals surface area contributed by atoms with Gasteiger partial charge in [0.05, 0.1) is 12.3 Å². The van der Waals surface area contributed by atoms with Crippen LogP contribution in [0.25, 0.3) is 5.78 Å². The molecular weight excluding hydrogens is 340 g/mol.